The summed E-state index contributed by atoms with van der Waals surface area (Å²) in [6.07, 6.45) is 8.27. The van der Waals surface area contributed by atoms with Gasteiger partial charge in [0, 0.05) is 12.3 Å². The first kappa shape index (κ1) is 20.8. The molecule has 2 aromatic carbocycles. The van der Waals surface area contributed by atoms with E-state index in [0.29, 0.717) is 12.8 Å². The van der Waals surface area contributed by atoms with Gasteiger partial charge in [-0.1, -0.05) is 29.8 Å². The van der Waals surface area contributed by atoms with Crippen LogP contribution < -0.4 is 0 Å². The third-order valence-electron chi connectivity index (χ3n) is 7.03. The van der Waals surface area contributed by atoms with Gasteiger partial charge in [-0.2, -0.15) is 5.10 Å². The van der Waals surface area contributed by atoms with Crippen LogP contribution in [0.25, 0.3) is 11.8 Å². The third-order valence-corrected chi connectivity index (χ3v) is 7.03. The predicted octanol–water partition coefficient (Wildman–Crippen LogP) is 4.86. The normalized spacial score (nSPS) is 21.7. The van der Waals surface area contributed by atoms with Gasteiger partial charge in [-0.05, 0) is 86.1 Å². The molecule has 1 fully saturated rings. The molecule has 1 saturated carbocycles. The van der Waals surface area contributed by atoms with Crippen molar-refractivity contribution < 1.29 is 14.3 Å². The minimum atomic E-state index is -0.759. The number of aromatic nitrogens is 2. The van der Waals surface area contributed by atoms with Gasteiger partial charge in [0.1, 0.15) is 11.6 Å². The fourth-order valence-corrected chi connectivity index (χ4v) is 5.33. The molecule has 0 aliphatic heterocycles. The molecule has 4 nitrogen and oxygen atoms in total. The molecule has 2 atom stereocenters. The zero-order valence-electron chi connectivity index (χ0n) is 18.2. The average Bonchev–Trinajstić information content (AvgIpc) is 3.33. The number of rotatable bonds is 6. The van der Waals surface area contributed by atoms with Gasteiger partial charge in [0.15, 0.2) is 0 Å². The van der Waals surface area contributed by atoms with Crippen LogP contribution in [0.2, 0.25) is 0 Å². The summed E-state index contributed by atoms with van der Waals surface area (Å²) in [5, 5.41) is 16.2. The van der Waals surface area contributed by atoms with E-state index in [1.54, 1.807) is 19.1 Å². The van der Waals surface area contributed by atoms with Crippen molar-refractivity contribution in [1.29, 1.82) is 0 Å². The number of nitrogens with zero attached hydrogens (tertiary/aromatic N) is 2. The maximum atomic E-state index is 13.3. The van der Waals surface area contributed by atoms with Gasteiger partial charge in [-0.25, -0.2) is 9.07 Å². The van der Waals surface area contributed by atoms with Crippen LogP contribution in [-0.2, 0) is 24.1 Å². The zero-order chi connectivity index (χ0) is 22.3. The van der Waals surface area contributed by atoms with E-state index < -0.39 is 5.60 Å². The Kier molecular flexibility index (Phi) is 5.30. The Balaban J connectivity index is 1.36. The van der Waals surface area contributed by atoms with Gasteiger partial charge in [0.2, 0.25) is 0 Å². The fraction of sp³-hybridized carbons (Fsp3) is 0.333. The van der Waals surface area contributed by atoms with Crippen molar-refractivity contribution in [1.82, 2.24) is 9.78 Å². The number of carbonyl (C=O) groups excluding carboxylic acids is 1. The molecule has 32 heavy (non-hydrogen) atoms. The van der Waals surface area contributed by atoms with E-state index in [2.05, 4.69) is 17.2 Å². The standard InChI is InChI=1S/C27H27FN2O2/c1-18(31)14-20-5-3-2-4-19(20)10-12-27(32)13-11-21-16-26-22(15-25(21)27)17-29-30(26)24-8-6-23(28)7-9-24/h2-9,16-17,25,32H,10-15H2,1H3/t25?,27-/m0/s1. The molecule has 1 N–H and O–H groups in total. The monoisotopic (exact) mass is 430 g/mol. The molecule has 0 spiro atoms. The van der Waals surface area contributed by atoms with E-state index >= 15 is 0 Å². The van der Waals surface area contributed by atoms with E-state index in [9.17, 15) is 14.3 Å². The minimum Gasteiger partial charge on any atom is -0.389 e. The lowest BCUT2D eigenvalue weighted by atomic mass is 9.77. The topological polar surface area (TPSA) is 55.1 Å². The highest BCUT2D eigenvalue weighted by Crippen LogP contribution is 2.48. The highest BCUT2D eigenvalue weighted by Gasteiger charge is 2.45. The van der Waals surface area contributed by atoms with Crippen LogP contribution in [-0.4, -0.2) is 26.3 Å². The first-order chi connectivity index (χ1) is 15.4. The van der Waals surface area contributed by atoms with Crippen molar-refractivity contribution >= 4 is 11.9 Å². The number of halogens is 1. The van der Waals surface area contributed by atoms with Crippen LogP contribution in [0, 0.1) is 11.7 Å². The minimum absolute atomic E-state index is 0.0841. The molecule has 0 saturated heterocycles. The first-order valence-electron chi connectivity index (χ1n) is 11.2. The molecular weight excluding hydrogens is 403 g/mol. The molecular formula is C27H27FN2O2. The number of benzene rings is 2. The summed E-state index contributed by atoms with van der Waals surface area (Å²) in [5.41, 5.74) is 5.68. The van der Waals surface area contributed by atoms with Crippen LogP contribution in [0.1, 0.15) is 48.6 Å². The largest absolute Gasteiger partial charge is 0.389 e. The second-order valence-electron chi connectivity index (χ2n) is 9.17. The number of fused-ring (bicyclic) bond motifs is 2. The van der Waals surface area contributed by atoms with Crippen LogP contribution in [0.5, 0.6) is 0 Å². The summed E-state index contributed by atoms with van der Waals surface area (Å²) >= 11 is 0. The van der Waals surface area contributed by atoms with Crippen LogP contribution in [0.3, 0.4) is 0 Å². The fourth-order valence-electron chi connectivity index (χ4n) is 5.33. The second kappa shape index (κ2) is 8.14. The van der Waals surface area contributed by atoms with E-state index in [-0.39, 0.29) is 17.5 Å². The molecule has 1 aromatic heterocycles. The average molecular weight is 431 g/mol. The number of Topliss-reactive ketones (excluding diaryl/α,β-unsaturated/α-hetero) is 1. The van der Waals surface area contributed by atoms with Crippen molar-refractivity contribution in [3.05, 3.63) is 88.5 Å². The van der Waals surface area contributed by atoms with Crippen LogP contribution in [0.15, 0.2) is 60.3 Å². The lowest BCUT2D eigenvalue weighted by molar-refractivity contribution is -0.116. The molecule has 0 bridgehead atoms. The molecule has 1 unspecified atom stereocenters. The summed E-state index contributed by atoms with van der Waals surface area (Å²) in [7, 11) is 0. The van der Waals surface area contributed by atoms with Crippen molar-refractivity contribution in [3.63, 3.8) is 0 Å². The molecule has 2 aliphatic carbocycles. The number of hydrogen-bond acceptors (Lipinski definition) is 3. The van der Waals surface area contributed by atoms with Crippen LogP contribution >= 0.6 is 0 Å². The Morgan fingerprint density at radius 2 is 1.94 bits per heavy atom. The predicted molar refractivity (Wildman–Crippen MR) is 122 cm³/mol. The lowest BCUT2D eigenvalue weighted by Crippen LogP contribution is -2.36. The second-order valence-corrected chi connectivity index (χ2v) is 9.17. The smallest absolute Gasteiger partial charge is 0.134 e. The van der Waals surface area contributed by atoms with E-state index in [4.69, 9.17) is 0 Å². The Bertz CT molecular complexity index is 1190. The molecule has 5 rings (SSSR count). The zero-order valence-corrected chi connectivity index (χ0v) is 18.2. The molecule has 1 heterocycles. The first-order valence-corrected chi connectivity index (χ1v) is 11.2. The van der Waals surface area contributed by atoms with E-state index in [1.165, 1.54) is 17.7 Å². The highest BCUT2D eigenvalue weighted by atomic mass is 19.1. The van der Waals surface area contributed by atoms with Gasteiger partial charge in [-0.3, -0.25) is 4.79 Å². The summed E-state index contributed by atoms with van der Waals surface area (Å²) in [5.74, 6) is -0.0278. The van der Waals surface area contributed by atoms with Crippen LogP contribution in [0.4, 0.5) is 4.39 Å². The summed E-state index contributed by atoms with van der Waals surface area (Å²) in [6.45, 7) is 1.62. The summed E-state index contributed by atoms with van der Waals surface area (Å²) in [6, 6.07) is 14.4. The summed E-state index contributed by atoms with van der Waals surface area (Å²) in [4.78, 5) is 11.6. The summed E-state index contributed by atoms with van der Waals surface area (Å²) < 4.78 is 15.2. The number of carbonyl (C=O) groups is 1. The Morgan fingerprint density at radius 3 is 2.69 bits per heavy atom. The lowest BCUT2D eigenvalue weighted by Gasteiger charge is -2.32. The molecule has 164 valence electrons. The number of ketones is 1. The maximum Gasteiger partial charge on any atom is 0.134 e. The SMILES string of the molecule is CC(=O)Cc1ccccc1CC[C@]1(O)CCC2=Cc3c(cnn3-c3ccc(F)cc3)CC21. The van der Waals surface area contributed by atoms with Crippen molar-refractivity contribution in [2.75, 3.05) is 0 Å². The molecule has 0 radical (unpaired) electrons. The van der Waals surface area contributed by atoms with Gasteiger partial charge in [0.25, 0.3) is 0 Å². The molecule has 5 heteroatoms. The number of aryl methyl sites for hydroxylation is 1. The third kappa shape index (κ3) is 3.82. The van der Waals surface area contributed by atoms with Crippen molar-refractivity contribution in [2.45, 2.75) is 51.0 Å². The Labute approximate surface area is 187 Å². The van der Waals surface area contributed by atoms with Gasteiger partial charge in [-0.15, -0.1) is 0 Å². The number of hydrogen-bond donors (Lipinski definition) is 1. The molecule has 3 aromatic rings. The Morgan fingerprint density at radius 1 is 1.19 bits per heavy atom. The van der Waals surface area contributed by atoms with E-state index in [0.717, 1.165) is 53.8 Å². The number of aliphatic hydroxyl groups is 1. The quantitative estimate of drug-likeness (QED) is 0.608. The van der Waals surface area contributed by atoms with E-state index in [1.807, 2.05) is 29.1 Å². The van der Waals surface area contributed by atoms with Crippen molar-refractivity contribution in [3.8, 4) is 5.69 Å². The van der Waals surface area contributed by atoms with Gasteiger partial charge >= 0.3 is 0 Å². The molecule has 0 amide bonds. The van der Waals surface area contributed by atoms with Gasteiger partial charge < -0.3 is 5.11 Å². The highest BCUT2D eigenvalue weighted by molar-refractivity contribution is 5.78. The Hall–Kier alpha value is -3.05. The van der Waals surface area contributed by atoms with Crippen molar-refractivity contribution in [2.24, 2.45) is 5.92 Å². The maximum absolute atomic E-state index is 13.3. The van der Waals surface area contributed by atoms with Gasteiger partial charge in [0.05, 0.1) is 23.2 Å². The molecule has 2 aliphatic rings.